The third kappa shape index (κ3) is 3.95. The van der Waals surface area contributed by atoms with Gasteiger partial charge in [0.15, 0.2) is 5.16 Å². The molecule has 3 aromatic rings. The van der Waals surface area contributed by atoms with Crippen molar-refractivity contribution in [3.63, 3.8) is 0 Å². The molecular weight excluding hydrogens is 404 g/mol. The summed E-state index contributed by atoms with van der Waals surface area (Å²) in [5.74, 6) is -1.66. The Kier molecular flexibility index (Phi) is 5.45. The van der Waals surface area contributed by atoms with Crippen LogP contribution >= 0.6 is 23.1 Å². The van der Waals surface area contributed by atoms with E-state index in [4.69, 9.17) is 0 Å². The predicted octanol–water partition coefficient (Wildman–Crippen LogP) is 3.88. The summed E-state index contributed by atoms with van der Waals surface area (Å²) < 4.78 is 29.0. The third-order valence-electron chi connectivity index (χ3n) is 4.61. The van der Waals surface area contributed by atoms with E-state index in [0.29, 0.717) is 10.2 Å². The molecule has 0 radical (unpaired) electrons. The molecule has 4 rings (SSSR count). The molecule has 1 saturated carbocycles. The van der Waals surface area contributed by atoms with Gasteiger partial charge in [0.05, 0.1) is 17.0 Å². The molecule has 1 aliphatic carbocycles. The van der Waals surface area contributed by atoms with E-state index in [1.54, 1.807) is 11.4 Å². The van der Waals surface area contributed by atoms with Gasteiger partial charge < -0.3 is 5.32 Å². The first-order valence-corrected chi connectivity index (χ1v) is 10.8. The topological polar surface area (TPSA) is 64.0 Å². The Labute approximate surface area is 167 Å². The highest BCUT2D eigenvalue weighted by Gasteiger charge is 2.19. The van der Waals surface area contributed by atoms with Crippen LogP contribution in [-0.4, -0.2) is 27.3 Å². The van der Waals surface area contributed by atoms with Crippen LogP contribution in [0.5, 0.6) is 0 Å². The summed E-state index contributed by atoms with van der Waals surface area (Å²) in [6.07, 6.45) is 4.17. The molecule has 0 atom stereocenters. The maximum absolute atomic E-state index is 13.7. The van der Waals surface area contributed by atoms with Gasteiger partial charge in [-0.3, -0.25) is 14.2 Å². The number of hydrogen-bond donors (Lipinski definition) is 1. The quantitative estimate of drug-likeness (QED) is 0.502. The van der Waals surface area contributed by atoms with E-state index in [1.165, 1.54) is 15.9 Å². The Hall–Kier alpha value is -2.26. The molecule has 0 spiro atoms. The second-order valence-electron chi connectivity index (χ2n) is 6.64. The van der Waals surface area contributed by atoms with E-state index in [9.17, 15) is 18.4 Å². The maximum atomic E-state index is 13.7. The smallest absolute Gasteiger partial charge is 0.276 e. The molecule has 2 aromatic heterocycles. The molecule has 1 amide bonds. The van der Waals surface area contributed by atoms with E-state index in [0.717, 1.165) is 55.6 Å². The van der Waals surface area contributed by atoms with Gasteiger partial charge in [0.25, 0.3) is 5.56 Å². The van der Waals surface area contributed by atoms with E-state index in [-0.39, 0.29) is 28.5 Å². The van der Waals surface area contributed by atoms with Gasteiger partial charge in [-0.1, -0.05) is 24.6 Å². The average molecular weight is 421 g/mol. The van der Waals surface area contributed by atoms with Crippen molar-refractivity contribution in [1.29, 1.82) is 0 Å². The first-order chi connectivity index (χ1) is 13.5. The molecule has 1 fully saturated rings. The molecule has 0 aliphatic heterocycles. The number of halogens is 2. The van der Waals surface area contributed by atoms with Gasteiger partial charge in [-0.15, -0.1) is 11.3 Å². The summed E-state index contributed by atoms with van der Waals surface area (Å²) in [6, 6.07) is 4.80. The molecule has 1 N–H and O–H groups in total. The van der Waals surface area contributed by atoms with E-state index in [2.05, 4.69) is 10.3 Å². The summed E-state index contributed by atoms with van der Waals surface area (Å²) in [5, 5.41) is 4.94. The van der Waals surface area contributed by atoms with Crippen LogP contribution < -0.4 is 10.9 Å². The number of nitrogens with zero attached hydrogens (tertiary/aromatic N) is 2. The minimum absolute atomic E-state index is 0.0454. The molecule has 0 bridgehead atoms. The summed E-state index contributed by atoms with van der Waals surface area (Å²) in [6.45, 7) is 0. The number of thioether (sulfide) groups is 1. The fourth-order valence-electron chi connectivity index (χ4n) is 3.35. The van der Waals surface area contributed by atoms with Crippen molar-refractivity contribution in [3.8, 4) is 5.69 Å². The van der Waals surface area contributed by atoms with Crippen molar-refractivity contribution < 1.29 is 13.6 Å². The summed E-state index contributed by atoms with van der Waals surface area (Å²) in [7, 11) is 0. The number of thiophene rings is 1. The first-order valence-electron chi connectivity index (χ1n) is 8.90. The van der Waals surface area contributed by atoms with Gasteiger partial charge in [-0.2, -0.15) is 0 Å². The molecule has 0 saturated heterocycles. The SMILES string of the molecule is O=C(CSc1nc2ccsc2c(=O)n1-c1cc(F)cc(F)c1)NC1CCCC1. The number of carbonyl (C=O) groups is 1. The van der Waals surface area contributed by atoms with Crippen LogP contribution in [0.3, 0.4) is 0 Å². The van der Waals surface area contributed by atoms with Gasteiger partial charge in [0, 0.05) is 12.1 Å². The first kappa shape index (κ1) is 19.1. The third-order valence-corrected chi connectivity index (χ3v) is 6.44. The standard InChI is InChI=1S/C19H17F2N3O2S2/c20-11-7-12(21)9-14(8-11)24-18(26)17-15(5-6-27-17)23-19(24)28-10-16(25)22-13-3-1-2-4-13/h5-9,13H,1-4,10H2,(H,22,25). The molecule has 9 heteroatoms. The van der Waals surface area contributed by atoms with Crippen molar-refractivity contribution in [2.75, 3.05) is 5.75 Å². The molecular formula is C19H17F2N3O2S2. The fraction of sp³-hybridized carbons (Fsp3) is 0.316. The highest BCUT2D eigenvalue weighted by Crippen LogP contribution is 2.25. The maximum Gasteiger partial charge on any atom is 0.276 e. The Bertz CT molecular complexity index is 1070. The molecule has 146 valence electrons. The van der Waals surface area contributed by atoms with Crippen molar-refractivity contribution in [2.24, 2.45) is 0 Å². The number of benzene rings is 1. The number of rotatable bonds is 5. The minimum Gasteiger partial charge on any atom is -0.353 e. The molecule has 1 aliphatic rings. The van der Waals surface area contributed by atoms with Crippen LogP contribution in [0.15, 0.2) is 39.6 Å². The normalized spacial score (nSPS) is 14.6. The Morgan fingerprint density at radius 3 is 2.68 bits per heavy atom. The van der Waals surface area contributed by atoms with Crippen LogP contribution in [0, 0.1) is 11.6 Å². The van der Waals surface area contributed by atoms with Crippen molar-refractivity contribution in [2.45, 2.75) is 36.9 Å². The Balaban J connectivity index is 1.68. The van der Waals surface area contributed by atoms with E-state index in [1.807, 2.05) is 0 Å². The lowest BCUT2D eigenvalue weighted by atomic mass is 10.2. The summed E-state index contributed by atoms with van der Waals surface area (Å²) in [4.78, 5) is 29.6. The second kappa shape index (κ2) is 8.00. The van der Waals surface area contributed by atoms with Gasteiger partial charge in [-0.25, -0.2) is 13.8 Å². The van der Waals surface area contributed by atoms with Gasteiger partial charge in [0.2, 0.25) is 5.91 Å². The second-order valence-corrected chi connectivity index (χ2v) is 8.49. The zero-order valence-corrected chi connectivity index (χ0v) is 16.4. The number of fused-ring (bicyclic) bond motifs is 1. The van der Waals surface area contributed by atoms with Gasteiger partial charge in [0.1, 0.15) is 16.3 Å². The van der Waals surface area contributed by atoms with E-state index < -0.39 is 17.2 Å². The van der Waals surface area contributed by atoms with Crippen LogP contribution in [0.25, 0.3) is 15.9 Å². The zero-order chi connectivity index (χ0) is 19.7. The van der Waals surface area contributed by atoms with Crippen molar-refractivity contribution in [3.05, 3.63) is 51.6 Å². The van der Waals surface area contributed by atoms with Crippen LogP contribution in [0.1, 0.15) is 25.7 Å². The molecule has 5 nitrogen and oxygen atoms in total. The van der Waals surface area contributed by atoms with Gasteiger partial charge >= 0.3 is 0 Å². The van der Waals surface area contributed by atoms with E-state index >= 15 is 0 Å². The lowest BCUT2D eigenvalue weighted by Crippen LogP contribution is -2.34. The largest absolute Gasteiger partial charge is 0.353 e. The summed E-state index contributed by atoms with van der Waals surface area (Å²) >= 11 is 2.29. The Morgan fingerprint density at radius 1 is 1.25 bits per heavy atom. The number of carbonyl (C=O) groups excluding carboxylic acids is 1. The number of nitrogens with one attached hydrogen (secondary N) is 1. The lowest BCUT2D eigenvalue weighted by Gasteiger charge is -2.14. The summed E-state index contributed by atoms with van der Waals surface area (Å²) in [5.41, 5.74) is 0.134. The lowest BCUT2D eigenvalue weighted by molar-refractivity contribution is -0.119. The Morgan fingerprint density at radius 2 is 1.96 bits per heavy atom. The molecule has 2 heterocycles. The molecule has 28 heavy (non-hydrogen) atoms. The number of hydrogen-bond acceptors (Lipinski definition) is 5. The van der Waals surface area contributed by atoms with Crippen LogP contribution in [0.2, 0.25) is 0 Å². The number of aromatic nitrogens is 2. The van der Waals surface area contributed by atoms with Gasteiger partial charge in [-0.05, 0) is 36.4 Å². The van der Waals surface area contributed by atoms with Crippen LogP contribution in [-0.2, 0) is 4.79 Å². The predicted molar refractivity (Wildman–Crippen MR) is 106 cm³/mol. The highest BCUT2D eigenvalue weighted by molar-refractivity contribution is 7.99. The number of amides is 1. The highest BCUT2D eigenvalue weighted by atomic mass is 32.2. The zero-order valence-electron chi connectivity index (χ0n) is 14.8. The van der Waals surface area contributed by atoms with Crippen LogP contribution in [0.4, 0.5) is 8.78 Å². The average Bonchev–Trinajstić information content (AvgIpc) is 3.30. The fourth-order valence-corrected chi connectivity index (χ4v) is 4.94. The minimum atomic E-state index is -0.789. The molecule has 1 aromatic carbocycles. The monoisotopic (exact) mass is 421 g/mol. The van der Waals surface area contributed by atoms with Crippen molar-refractivity contribution >= 4 is 39.2 Å². The van der Waals surface area contributed by atoms with Crippen molar-refractivity contribution in [1.82, 2.24) is 14.9 Å². The molecule has 0 unspecified atom stereocenters.